The van der Waals surface area contributed by atoms with Crippen molar-refractivity contribution in [1.29, 1.82) is 0 Å². The fourth-order valence-electron chi connectivity index (χ4n) is 1.01. The summed E-state index contributed by atoms with van der Waals surface area (Å²) in [6, 6.07) is 0. The molecular formula is C10H24N2O3. The maximum atomic E-state index is 5.42. The zero-order chi connectivity index (χ0) is 11.5. The molecule has 0 amide bonds. The van der Waals surface area contributed by atoms with Crippen LogP contribution in [0, 0.1) is 0 Å². The van der Waals surface area contributed by atoms with E-state index in [-0.39, 0.29) is 12.6 Å². The van der Waals surface area contributed by atoms with E-state index >= 15 is 0 Å². The second-order valence-corrected chi connectivity index (χ2v) is 3.30. The van der Waals surface area contributed by atoms with Crippen LogP contribution < -0.4 is 11.5 Å². The Labute approximate surface area is 92.0 Å². The van der Waals surface area contributed by atoms with Gasteiger partial charge in [-0.05, 0) is 39.8 Å². The molecule has 0 saturated heterocycles. The van der Waals surface area contributed by atoms with E-state index in [2.05, 4.69) is 0 Å². The minimum Gasteiger partial charge on any atom is -0.353 e. The molecule has 0 bridgehead atoms. The zero-order valence-electron chi connectivity index (χ0n) is 9.78. The SMILES string of the molecule is CC(OCCCN)OC(C)OCCCN. The molecule has 4 N–H and O–H groups in total. The smallest absolute Gasteiger partial charge is 0.157 e. The molecule has 2 unspecified atom stereocenters. The summed E-state index contributed by atoms with van der Waals surface area (Å²) >= 11 is 0. The summed E-state index contributed by atoms with van der Waals surface area (Å²) in [5.74, 6) is 0. The van der Waals surface area contributed by atoms with Gasteiger partial charge in [-0.15, -0.1) is 0 Å². The molecule has 5 nitrogen and oxygen atoms in total. The molecule has 0 aromatic rings. The Balaban J connectivity index is 3.35. The fraction of sp³-hybridized carbons (Fsp3) is 1.00. The monoisotopic (exact) mass is 220 g/mol. The van der Waals surface area contributed by atoms with E-state index in [0.717, 1.165) is 12.8 Å². The first-order valence-corrected chi connectivity index (χ1v) is 5.49. The first kappa shape index (κ1) is 14.8. The number of hydrogen-bond donors (Lipinski definition) is 2. The molecule has 5 heteroatoms. The minimum atomic E-state index is -0.260. The van der Waals surface area contributed by atoms with Gasteiger partial charge in [-0.2, -0.15) is 0 Å². The summed E-state index contributed by atoms with van der Waals surface area (Å²) in [6.45, 7) is 6.20. The molecule has 0 rings (SSSR count). The average Bonchev–Trinajstić information content (AvgIpc) is 2.18. The van der Waals surface area contributed by atoms with Gasteiger partial charge in [-0.1, -0.05) is 0 Å². The number of ether oxygens (including phenoxy) is 3. The van der Waals surface area contributed by atoms with Crippen molar-refractivity contribution in [3.8, 4) is 0 Å². The van der Waals surface area contributed by atoms with Gasteiger partial charge in [-0.3, -0.25) is 0 Å². The first-order valence-electron chi connectivity index (χ1n) is 5.49. The van der Waals surface area contributed by atoms with Crippen LogP contribution >= 0.6 is 0 Å². The molecular weight excluding hydrogens is 196 g/mol. The van der Waals surface area contributed by atoms with Crippen molar-refractivity contribution in [2.45, 2.75) is 39.3 Å². The van der Waals surface area contributed by atoms with Crippen molar-refractivity contribution in [2.24, 2.45) is 11.5 Å². The lowest BCUT2D eigenvalue weighted by Crippen LogP contribution is -2.24. The van der Waals surface area contributed by atoms with Crippen LogP contribution in [0.5, 0.6) is 0 Å². The van der Waals surface area contributed by atoms with Crippen molar-refractivity contribution in [3.63, 3.8) is 0 Å². The molecule has 0 heterocycles. The van der Waals surface area contributed by atoms with Gasteiger partial charge < -0.3 is 25.7 Å². The second-order valence-electron chi connectivity index (χ2n) is 3.30. The lowest BCUT2D eigenvalue weighted by molar-refractivity contribution is -0.231. The topological polar surface area (TPSA) is 79.7 Å². The Kier molecular flexibility index (Phi) is 10.2. The predicted molar refractivity (Wildman–Crippen MR) is 59.3 cm³/mol. The fourth-order valence-corrected chi connectivity index (χ4v) is 1.01. The van der Waals surface area contributed by atoms with Crippen LogP contribution in [0.2, 0.25) is 0 Å². The predicted octanol–water partition coefficient (Wildman–Crippen LogP) is 0.426. The molecule has 0 aliphatic carbocycles. The number of rotatable bonds is 10. The Morgan fingerprint density at radius 2 is 1.27 bits per heavy atom. The van der Waals surface area contributed by atoms with Crippen LogP contribution in [-0.2, 0) is 14.2 Å². The van der Waals surface area contributed by atoms with Crippen LogP contribution in [0.3, 0.4) is 0 Å². The van der Waals surface area contributed by atoms with E-state index in [1.165, 1.54) is 0 Å². The largest absolute Gasteiger partial charge is 0.353 e. The highest BCUT2D eigenvalue weighted by molar-refractivity contribution is 4.41. The molecule has 92 valence electrons. The molecule has 0 radical (unpaired) electrons. The quantitative estimate of drug-likeness (QED) is 0.412. The van der Waals surface area contributed by atoms with E-state index in [4.69, 9.17) is 25.7 Å². The van der Waals surface area contributed by atoms with Crippen molar-refractivity contribution >= 4 is 0 Å². The van der Waals surface area contributed by atoms with Crippen LogP contribution in [0.25, 0.3) is 0 Å². The van der Waals surface area contributed by atoms with Crippen LogP contribution in [-0.4, -0.2) is 38.9 Å². The zero-order valence-corrected chi connectivity index (χ0v) is 9.78. The van der Waals surface area contributed by atoms with Crippen LogP contribution in [0.4, 0.5) is 0 Å². The van der Waals surface area contributed by atoms with E-state index in [1.807, 2.05) is 13.8 Å². The molecule has 0 aliphatic heterocycles. The van der Waals surface area contributed by atoms with E-state index < -0.39 is 0 Å². The molecule has 0 aliphatic rings. The minimum absolute atomic E-state index is 0.260. The number of nitrogens with two attached hydrogens (primary N) is 2. The molecule has 0 aromatic carbocycles. The third-order valence-electron chi connectivity index (χ3n) is 1.79. The Morgan fingerprint density at radius 3 is 1.60 bits per heavy atom. The molecule has 0 fully saturated rings. The van der Waals surface area contributed by atoms with Crippen LogP contribution in [0.15, 0.2) is 0 Å². The Hall–Kier alpha value is -0.200. The lowest BCUT2D eigenvalue weighted by atomic mass is 10.5. The van der Waals surface area contributed by atoms with Gasteiger partial charge in [0.15, 0.2) is 12.6 Å². The Bertz CT molecular complexity index is 122. The van der Waals surface area contributed by atoms with Crippen molar-refractivity contribution in [2.75, 3.05) is 26.3 Å². The summed E-state index contributed by atoms with van der Waals surface area (Å²) in [4.78, 5) is 0. The Morgan fingerprint density at radius 1 is 0.867 bits per heavy atom. The molecule has 2 atom stereocenters. The number of hydrogen-bond acceptors (Lipinski definition) is 5. The van der Waals surface area contributed by atoms with Gasteiger partial charge >= 0.3 is 0 Å². The van der Waals surface area contributed by atoms with Crippen molar-refractivity contribution in [3.05, 3.63) is 0 Å². The van der Waals surface area contributed by atoms with Gasteiger partial charge in [0.1, 0.15) is 0 Å². The maximum Gasteiger partial charge on any atom is 0.157 e. The van der Waals surface area contributed by atoms with Gasteiger partial charge in [0.05, 0.1) is 13.2 Å². The molecule has 0 aromatic heterocycles. The highest BCUT2D eigenvalue weighted by Gasteiger charge is 2.08. The standard InChI is InChI=1S/C10H24N2O3/c1-9(13-7-3-5-11)15-10(2)14-8-4-6-12/h9-10H,3-8,11-12H2,1-2H3. The third kappa shape index (κ3) is 10.1. The molecule has 0 saturated carbocycles. The highest BCUT2D eigenvalue weighted by Crippen LogP contribution is 2.02. The van der Waals surface area contributed by atoms with Gasteiger partial charge in [0, 0.05) is 0 Å². The second kappa shape index (κ2) is 10.3. The van der Waals surface area contributed by atoms with E-state index in [9.17, 15) is 0 Å². The maximum absolute atomic E-state index is 5.42. The van der Waals surface area contributed by atoms with Crippen molar-refractivity contribution < 1.29 is 14.2 Å². The van der Waals surface area contributed by atoms with Gasteiger partial charge in [0.2, 0.25) is 0 Å². The summed E-state index contributed by atoms with van der Waals surface area (Å²) in [5.41, 5.74) is 10.7. The summed E-state index contributed by atoms with van der Waals surface area (Å²) in [6.07, 6.45) is 1.17. The normalized spacial score (nSPS) is 15.2. The van der Waals surface area contributed by atoms with E-state index in [1.54, 1.807) is 0 Å². The molecule has 0 spiro atoms. The molecule has 15 heavy (non-hydrogen) atoms. The summed E-state index contributed by atoms with van der Waals surface area (Å²) < 4.78 is 16.1. The van der Waals surface area contributed by atoms with Gasteiger partial charge in [-0.25, -0.2) is 0 Å². The van der Waals surface area contributed by atoms with Crippen LogP contribution in [0.1, 0.15) is 26.7 Å². The highest BCUT2D eigenvalue weighted by atomic mass is 16.8. The van der Waals surface area contributed by atoms with Crippen molar-refractivity contribution in [1.82, 2.24) is 0 Å². The van der Waals surface area contributed by atoms with Gasteiger partial charge in [0.25, 0.3) is 0 Å². The summed E-state index contributed by atoms with van der Waals surface area (Å²) in [5, 5.41) is 0. The lowest BCUT2D eigenvalue weighted by Gasteiger charge is -2.19. The average molecular weight is 220 g/mol. The first-order chi connectivity index (χ1) is 7.20. The third-order valence-corrected chi connectivity index (χ3v) is 1.79. The van der Waals surface area contributed by atoms with E-state index in [0.29, 0.717) is 26.3 Å². The summed E-state index contributed by atoms with van der Waals surface area (Å²) in [7, 11) is 0.